The van der Waals surface area contributed by atoms with Crippen molar-refractivity contribution in [1.82, 2.24) is 0 Å². The zero-order valence-corrected chi connectivity index (χ0v) is 11.8. The van der Waals surface area contributed by atoms with Gasteiger partial charge < -0.3 is 0 Å². The summed E-state index contributed by atoms with van der Waals surface area (Å²) in [6.07, 6.45) is 11.8. The average Bonchev–Trinajstić information content (AvgIpc) is 2.71. The topological polar surface area (TPSA) is 0 Å². The molecule has 1 heteroatoms. The van der Waals surface area contributed by atoms with E-state index < -0.39 is 22.9 Å². The molecule has 66 valence electrons. The molecule has 0 atom stereocenters. The Bertz CT molecular complexity index is 340. The molecule has 0 aromatic rings. The van der Waals surface area contributed by atoms with E-state index in [9.17, 15) is 0 Å². The molecule has 0 saturated carbocycles. The van der Waals surface area contributed by atoms with Crippen molar-refractivity contribution in [1.29, 1.82) is 0 Å². The molecule has 2 rings (SSSR count). The van der Waals surface area contributed by atoms with Gasteiger partial charge in [0.2, 0.25) is 0 Å². The Morgan fingerprint density at radius 3 is 2.62 bits per heavy atom. The summed E-state index contributed by atoms with van der Waals surface area (Å²) in [5.74, 6) is 0. The van der Waals surface area contributed by atoms with Crippen LogP contribution in [0.25, 0.3) is 0 Å². The van der Waals surface area contributed by atoms with Gasteiger partial charge in [-0.25, -0.2) is 0 Å². The first-order valence-corrected chi connectivity index (χ1v) is 8.36. The van der Waals surface area contributed by atoms with E-state index in [1.54, 1.807) is 17.8 Å². The van der Waals surface area contributed by atoms with Crippen molar-refractivity contribution in [3.8, 4) is 0 Å². The van der Waals surface area contributed by atoms with Crippen molar-refractivity contribution in [2.45, 2.75) is 26.7 Å². The van der Waals surface area contributed by atoms with Crippen LogP contribution in [0.4, 0.5) is 0 Å². The van der Waals surface area contributed by atoms with Crippen LogP contribution in [0.1, 0.15) is 26.7 Å². The number of hydrogen-bond donors (Lipinski definition) is 0. The van der Waals surface area contributed by atoms with Crippen molar-refractivity contribution in [3.63, 3.8) is 0 Å². The zero-order chi connectivity index (χ0) is 9.26. The van der Waals surface area contributed by atoms with Crippen LogP contribution < -0.4 is 0 Å². The van der Waals surface area contributed by atoms with Gasteiger partial charge in [-0.05, 0) is 0 Å². The molecule has 0 saturated heterocycles. The molecule has 0 N–H and O–H groups in total. The molecule has 0 heterocycles. The van der Waals surface area contributed by atoms with E-state index in [2.05, 4.69) is 38.2 Å². The van der Waals surface area contributed by atoms with Crippen LogP contribution in [0, 0.1) is 0 Å². The Morgan fingerprint density at radius 1 is 1.23 bits per heavy atom. The average molecular weight is 337 g/mol. The molecule has 13 heavy (non-hydrogen) atoms. The number of hydrogen-bond acceptors (Lipinski definition) is 0. The van der Waals surface area contributed by atoms with Gasteiger partial charge in [-0.3, -0.25) is 0 Å². The third-order valence-electron chi connectivity index (χ3n) is 2.72. The van der Waals surface area contributed by atoms with Crippen molar-refractivity contribution >= 4 is 0 Å². The Kier molecular flexibility index (Phi) is 2.83. The summed E-state index contributed by atoms with van der Waals surface area (Å²) in [4.78, 5) is 0. The molecule has 2 aliphatic carbocycles. The fourth-order valence-electron chi connectivity index (χ4n) is 1.65. The Hall–Kier alpha value is -0.170. The molecule has 0 aromatic heterocycles. The molecule has 0 bridgehead atoms. The van der Waals surface area contributed by atoms with Crippen molar-refractivity contribution in [2.75, 3.05) is 0 Å². The first kappa shape index (κ1) is 9.39. The summed E-state index contributed by atoms with van der Waals surface area (Å²) in [6.45, 7) is 4.56. The SMILES string of the molecule is CC1=C(C)[C]([Hf][C]2=CC=CC2)=CC1. The molecule has 0 radical (unpaired) electrons. The van der Waals surface area contributed by atoms with E-state index in [0.717, 1.165) is 0 Å². The normalized spacial score (nSPS) is 20.8. The van der Waals surface area contributed by atoms with Crippen LogP contribution in [-0.4, -0.2) is 0 Å². The van der Waals surface area contributed by atoms with Crippen LogP contribution in [0.15, 0.2) is 42.1 Å². The molecular weight excluding hydrogens is 323 g/mol. The van der Waals surface area contributed by atoms with E-state index in [4.69, 9.17) is 0 Å². The van der Waals surface area contributed by atoms with Gasteiger partial charge in [-0.1, -0.05) is 0 Å². The molecule has 2 aliphatic rings. The van der Waals surface area contributed by atoms with E-state index >= 15 is 0 Å². The quantitative estimate of drug-likeness (QED) is 0.677. The molecule has 0 fully saturated rings. The molecule has 0 unspecified atom stereocenters. The van der Waals surface area contributed by atoms with Crippen LogP contribution in [0.3, 0.4) is 0 Å². The second-order valence-electron chi connectivity index (χ2n) is 3.68. The van der Waals surface area contributed by atoms with E-state index in [0.29, 0.717) is 0 Å². The fourth-order valence-corrected chi connectivity index (χ4v) is 6.50. The maximum absolute atomic E-state index is 2.47. The summed E-state index contributed by atoms with van der Waals surface area (Å²) in [5.41, 5.74) is 3.20. The second-order valence-corrected chi connectivity index (χ2v) is 8.82. The van der Waals surface area contributed by atoms with Crippen molar-refractivity contribution < 1.29 is 22.9 Å². The molecule has 0 aromatic carbocycles. The van der Waals surface area contributed by atoms with Crippen LogP contribution in [-0.2, 0) is 22.9 Å². The van der Waals surface area contributed by atoms with Crippen molar-refractivity contribution in [2.24, 2.45) is 0 Å². The molecule has 0 amide bonds. The maximum atomic E-state index is 2.47. The molecule has 0 aliphatic heterocycles. The monoisotopic (exact) mass is 338 g/mol. The molecule has 0 spiro atoms. The molecule has 0 nitrogen and oxygen atoms in total. The predicted molar refractivity (Wildman–Crippen MR) is 52.9 cm³/mol. The van der Waals surface area contributed by atoms with Crippen molar-refractivity contribution in [3.05, 3.63) is 42.1 Å². The second kappa shape index (κ2) is 3.91. The minimum absolute atomic E-state index is 0.624. The van der Waals surface area contributed by atoms with E-state index in [1.807, 2.05) is 0 Å². The zero-order valence-electron chi connectivity index (χ0n) is 8.22. The van der Waals surface area contributed by atoms with Crippen LogP contribution in [0.5, 0.6) is 0 Å². The Labute approximate surface area is 91.5 Å². The van der Waals surface area contributed by atoms with Gasteiger partial charge in [0.15, 0.2) is 0 Å². The van der Waals surface area contributed by atoms with Gasteiger partial charge >= 0.3 is 91.7 Å². The summed E-state index contributed by atoms with van der Waals surface area (Å²) >= 11 is -0.624. The summed E-state index contributed by atoms with van der Waals surface area (Å²) in [6, 6.07) is 0. The van der Waals surface area contributed by atoms with Gasteiger partial charge in [-0.15, -0.1) is 0 Å². The van der Waals surface area contributed by atoms with Gasteiger partial charge in [0.1, 0.15) is 0 Å². The third-order valence-corrected chi connectivity index (χ3v) is 8.26. The third kappa shape index (κ3) is 2.01. The standard InChI is InChI=1S/C7H9.C5H5.Hf/c1-6-4-3-5-7(6)2;1-2-4-5-3-1;/h3H,4H2,1-2H3;1-3H,4H2;. The minimum atomic E-state index is -0.624. The summed E-state index contributed by atoms with van der Waals surface area (Å²) in [7, 11) is 0. The Balaban J connectivity index is 2.04. The fraction of sp³-hybridized carbons (Fsp3) is 0.333. The molecular formula is C12H14Hf. The van der Waals surface area contributed by atoms with Gasteiger partial charge in [0, 0.05) is 0 Å². The summed E-state index contributed by atoms with van der Waals surface area (Å²) in [5, 5.41) is 0. The summed E-state index contributed by atoms with van der Waals surface area (Å²) < 4.78 is 3.49. The van der Waals surface area contributed by atoms with Crippen LogP contribution in [0.2, 0.25) is 0 Å². The Morgan fingerprint density at radius 2 is 2.08 bits per heavy atom. The number of rotatable bonds is 2. The van der Waals surface area contributed by atoms with Gasteiger partial charge in [-0.2, -0.15) is 0 Å². The first-order valence-electron chi connectivity index (χ1n) is 4.77. The van der Waals surface area contributed by atoms with E-state index in [1.165, 1.54) is 12.8 Å². The van der Waals surface area contributed by atoms with E-state index in [-0.39, 0.29) is 0 Å². The van der Waals surface area contributed by atoms with Crippen LogP contribution >= 0.6 is 0 Å². The number of allylic oxidation sites excluding steroid dienone is 8. The van der Waals surface area contributed by atoms with Gasteiger partial charge in [0.05, 0.1) is 0 Å². The predicted octanol–water partition coefficient (Wildman–Crippen LogP) is 3.54. The van der Waals surface area contributed by atoms with Gasteiger partial charge in [0.25, 0.3) is 0 Å². The first-order chi connectivity index (χ1) is 6.27.